The van der Waals surface area contributed by atoms with E-state index in [1.165, 1.54) is 19.3 Å². The largest absolute Gasteiger partial charge is 0.337 e. The predicted molar refractivity (Wildman–Crippen MR) is 98.7 cm³/mol. The molecule has 3 rings (SSSR count). The fraction of sp³-hybridized carbons (Fsp3) is 0.550. The molecule has 1 saturated carbocycles. The van der Waals surface area contributed by atoms with Crippen LogP contribution in [0.2, 0.25) is 0 Å². The Balaban J connectivity index is 1.56. The lowest BCUT2D eigenvalue weighted by Crippen LogP contribution is -2.46. The van der Waals surface area contributed by atoms with Gasteiger partial charge in [-0.3, -0.25) is 4.79 Å². The SMILES string of the molecule is N#Cc1cccc(C(=O)N2CCCN(C(=O)NC3CCCCC3)CC2)c1. The van der Waals surface area contributed by atoms with Gasteiger partial charge in [0, 0.05) is 37.8 Å². The standard InChI is InChI=1S/C20H26N4O2/c21-15-16-6-4-7-17(14-16)19(25)23-10-5-11-24(13-12-23)20(26)22-18-8-2-1-3-9-18/h4,6-7,14,18H,1-3,5,8-13H2,(H,22,26). The van der Waals surface area contributed by atoms with Gasteiger partial charge in [0.25, 0.3) is 5.91 Å². The molecule has 0 radical (unpaired) electrons. The second-order valence-corrected chi connectivity index (χ2v) is 7.11. The van der Waals surface area contributed by atoms with Crippen LogP contribution in [0.5, 0.6) is 0 Å². The molecule has 6 heteroatoms. The Labute approximate surface area is 154 Å². The van der Waals surface area contributed by atoms with Crippen LogP contribution in [-0.2, 0) is 0 Å². The van der Waals surface area contributed by atoms with Gasteiger partial charge in [0.05, 0.1) is 11.6 Å². The molecule has 1 aliphatic carbocycles. The molecule has 1 heterocycles. The lowest BCUT2D eigenvalue weighted by molar-refractivity contribution is 0.0762. The van der Waals surface area contributed by atoms with E-state index in [0.29, 0.717) is 43.3 Å². The first-order valence-corrected chi connectivity index (χ1v) is 9.52. The molecule has 26 heavy (non-hydrogen) atoms. The highest BCUT2D eigenvalue weighted by Crippen LogP contribution is 2.18. The molecule has 0 unspecified atom stereocenters. The van der Waals surface area contributed by atoms with Crippen molar-refractivity contribution in [3.63, 3.8) is 0 Å². The Bertz CT molecular complexity index is 691. The molecule has 2 aliphatic rings. The Hall–Kier alpha value is -2.55. The van der Waals surface area contributed by atoms with Crippen LogP contribution in [0.25, 0.3) is 0 Å². The van der Waals surface area contributed by atoms with E-state index in [4.69, 9.17) is 5.26 Å². The minimum Gasteiger partial charge on any atom is -0.337 e. The molecule has 1 aromatic carbocycles. The number of amides is 3. The van der Waals surface area contributed by atoms with Crippen molar-refractivity contribution in [2.75, 3.05) is 26.2 Å². The fourth-order valence-electron chi connectivity index (χ4n) is 3.74. The van der Waals surface area contributed by atoms with Crippen molar-refractivity contribution in [3.8, 4) is 6.07 Å². The summed E-state index contributed by atoms with van der Waals surface area (Å²) in [6.45, 7) is 2.36. The third-order valence-electron chi connectivity index (χ3n) is 5.24. The summed E-state index contributed by atoms with van der Waals surface area (Å²) < 4.78 is 0. The van der Waals surface area contributed by atoms with Crippen LogP contribution in [0.3, 0.4) is 0 Å². The highest BCUT2D eigenvalue weighted by atomic mass is 16.2. The number of carbonyl (C=O) groups excluding carboxylic acids is 2. The number of nitrogens with one attached hydrogen (secondary N) is 1. The average molecular weight is 354 g/mol. The normalized spacial score (nSPS) is 18.7. The third kappa shape index (κ3) is 4.54. The zero-order chi connectivity index (χ0) is 18.4. The lowest BCUT2D eigenvalue weighted by Gasteiger charge is -2.27. The summed E-state index contributed by atoms with van der Waals surface area (Å²) in [6.07, 6.45) is 6.55. The van der Waals surface area contributed by atoms with Crippen molar-refractivity contribution in [3.05, 3.63) is 35.4 Å². The van der Waals surface area contributed by atoms with Gasteiger partial charge in [0.1, 0.15) is 0 Å². The van der Waals surface area contributed by atoms with Crippen LogP contribution in [0, 0.1) is 11.3 Å². The smallest absolute Gasteiger partial charge is 0.317 e. The maximum atomic E-state index is 12.7. The molecule has 1 aliphatic heterocycles. The van der Waals surface area contributed by atoms with Crippen LogP contribution in [0.15, 0.2) is 24.3 Å². The van der Waals surface area contributed by atoms with Gasteiger partial charge >= 0.3 is 6.03 Å². The van der Waals surface area contributed by atoms with Gasteiger partial charge < -0.3 is 15.1 Å². The summed E-state index contributed by atoms with van der Waals surface area (Å²) in [6, 6.07) is 9.15. The molecule has 6 nitrogen and oxygen atoms in total. The Morgan fingerprint density at radius 2 is 1.73 bits per heavy atom. The average Bonchev–Trinajstić information content (AvgIpc) is 2.94. The Kier molecular flexibility index (Phi) is 6.11. The first kappa shape index (κ1) is 18.2. The van der Waals surface area contributed by atoms with E-state index in [-0.39, 0.29) is 11.9 Å². The van der Waals surface area contributed by atoms with Crippen LogP contribution < -0.4 is 5.32 Å². The number of urea groups is 1. The summed E-state index contributed by atoms with van der Waals surface area (Å²) in [5, 5.41) is 12.2. The van der Waals surface area contributed by atoms with E-state index in [0.717, 1.165) is 19.3 Å². The molecule has 2 fully saturated rings. The maximum absolute atomic E-state index is 12.7. The van der Waals surface area contributed by atoms with Crippen molar-refractivity contribution in [2.45, 2.75) is 44.6 Å². The molecule has 0 aromatic heterocycles. The molecule has 138 valence electrons. The quantitative estimate of drug-likeness (QED) is 0.887. The van der Waals surface area contributed by atoms with E-state index in [1.54, 1.807) is 29.2 Å². The van der Waals surface area contributed by atoms with E-state index in [2.05, 4.69) is 11.4 Å². The van der Waals surface area contributed by atoms with Crippen LogP contribution >= 0.6 is 0 Å². The Morgan fingerprint density at radius 1 is 1.00 bits per heavy atom. The summed E-state index contributed by atoms with van der Waals surface area (Å²) in [5.41, 5.74) is 1.02. The van der Waals surface area contributed by atoms with Crippen molar-refractivity contribution < 1.29 is 9.59 Å². The Morgan fingerprint density at radius 3 is 2.50 bits per heavy atom. The minimum absolute atomic E-state index is 0.00215. The zero-order valence-corrected chi connectivity index (χ0v) is 15.1. The summed E-state index contributed by atoms with van der Waals surface area (Å²) in [5.74, 6) is -0.0726. The lowest BCUT2D eigenvalue weighted by atomic mass is 9.96. The number of hydrogen-bond acceptors (Lipinski definition) is 3. The van der Waals surface area contributed by atoms with E-state index in [9.17, 15) is 9.59 Å². The maximum Gasteiger partial charge on any atom is 0.317 e. The van der Waals surface area contributed by atoms with E-state index in [1.807, 2.05) is 4.90 Å². The van der Waals surface area contributed by atoms with Crippen molar-refractivity contribution in [1.29, 1.82) is 5.26 Å². The van der Waals surface area contributed by atoms with Crippen molar-refractivity contribution >= 4 is 11.9 Å². The molecule has 1 saturated heterocycles. The van der Waals surface area contributed by atoms with Gasteiger partial charge in [-0.2, -0.15) is 5.26 Å². The number of nitriles is 1. The van der Waals surface area contributed by atoms with Crippen molar-refractivity contribution in [2.24, 2.45) is 0 Å². The number of carbonyl (C=O) groups is 2. The fourth-order valence-corrected chi connectivity index (χ4v) is 3.74. The first-order valence-electron chi connectivity index (χ1n) is 9.52. The van der Waals surface area contributed by atoms with Gasteiger partial charge in [-0.25, -0.2) is 4.79 Å². The second-order valence-electron chi connectivity index (χ2n) is 7.11. The monoisotopic (exact) mass is 354 g/mol. The van der Waals surface area contributed by atoms with Crippen LogP contribution in [0.1, 0.15) is 54.4 Å². The first-order chi connectivity index (χ1) is 12.7. The summed E-state index contributed by atoms with van der Waals surface area (Å²) >= 11 is 0. The molecular formula is C20H26N4O2. The molecule has 1 N–H and O–H groups in total. The molecule has 0 bridgehead atoms. The van der Waals surface area contributed by atoms with E-state index >= 15 is 0 Å². The summed E-state index contributed by atoms with van der Waals surface area (Å²) in [7, 11) is 0. The van der Waals surface area contributed by atoms with E-state index < -0.39 is 0 Å². The molecule has 3 amide bonds. The highest BCUT2D eigenvalue weighted by Gasteiger charge is 2.24. The zero-order valence-electron chi connectivity index (χ0n) is 15.1. The summed E-state index contributed by atoms with van der Waals surface area (Å²) in [4.78, 5) is 28.8. The van der Waals surface area contributed by atoms with Gasteiger partial charge in [0.15, 0.2) is 0 Å². The molecule has 0 spiro atoms. The number of hydrogen-bond donors (Lipinski definition) is 1. The molecular weight excluding hydrogens is 328 g/mol. The van der Waals surface area contributed by atoms with Gasteiger partial charge in [-0.1, -0.05) is 25.3 Å². The number of rotatable bonds is 2. The van der Waals surface area contributed by atoms with Gasteiger partial charge in [-0.15, -0.1) is 0 Å². The van der Waals surface area contributed by atoms with Crippen LogP contribution in [0.4, 0.5) is 4.79 Å². The topological polar surface area (TPSA) is 76.4 Å². The predicted octanol–water partition coefficient (Wildman–Crippen LogP) is 2.75. The molecule has 0 atom stereocenters. The van der Waals surface area contributed by atoms with Gasteiger partial charge in [-0.05, 0) is 37.5 Å². The number of benzene rings is 1. The van der Waals surface area contributed by atoms with Gasteiger partial charge in [0.2, 0.25) is 0 Å². The number of nitrogens with zero attached hydrogens (tertiary/aromatic N) is 3. The van der Waals surface area contributed by atoms with Crippen LogP contribution in [-0.4, -0.2) is 54.0 Å². The second kappa shape index (κ2) is 8.70. The third-order valence-corrected chi connectivity index (χ3v) is 5.24. The van der Waals surface area contributed by atoms with Crippen molar-refractivity contribution in [1.82, 2.24) is 15.1 Å². The highest BCUT2D eigenvalue weighted by molar-refractivity contribution is 5.94. The minimum atomic E-state index is -0.0726. The molecule has 1 aromatic rings.